The van der Waals surface area contributed by atoms with Crippen molar-refractivity contribution in [1.82, 2.24) is 19.5 Å². The summed E-state index contributed by atoms with van der Waals surface area (Å²) in [6.07, 6.45) is -1.92. The molecule has 56 heavy (non-hydrogen) atoms. The van der Waals surface area contributed by atoms with Gasteiger partial charge in [-0.1, -0.05) is 126 Å². The lowest BCUT2D eigenvalue weighted by molar-refractivity contribution is -0.184. The molecule has 284 valence electrons. The maximum absolute atomic E-state index is 10.3. The van der Waals surface area contributed by atoms with Crippen molar-refractivity contribution in [2.24, 2.45) is 10.2 Å². The van der Waals surface area contributed by atoms with E-state index in [9.17, 15) is 11.1 Å². The third-order valence-corrected chi connectivity index (χ3v) is 9.60. The first kappa shape index (κ1) is 38.1. The van der Waals surface area contributed by atoms with Crippen LogP contribution in [-0.2, 0) is 50.1 Å². The molecule has 2 aromatic heterocycles. The van der Waals surface area contributed by atoms with Crippen molar-refractivity contribution in [2.45, 2.75) is 69.5 Å². The van der Waals surface area contributed by atoms with Crippen LogP contribution in [0.1, 0.15) is 35.4 Å². The van der Waals surface area contributed by atoms with Crippen LogP contribution in [0.15, 0.2) is 144 Å². The molecular formula is C41H40N10O5. The zero-order valence-electron chi connectivity index (χ0n) is 30.6. The molecule has 0 saturated carbocycles. The highest BCUT2D eigenvalue weighted by Crippen LogP contribution is 2.44. The highest BCUT2D eigenvalue weighted by atomic mass is 16.6. The van der Waals surface area contributed by atoms with Gasteiger partial charge >= 0.3 is 0 Å². The average Bonchev–Trinajstić information content (AvgIpc) is 3.64. The van der Waals surface area contributed by atoms with E-state index in [4.69, 9.17) is 23.7 Å². The third-order valence-electron chi connectivity index (χ3n) is 9.60. The Bertz CT molecular complexity index is 2250. The zero-order chi connectivity index (χ0) is 38.6. The van der Waals surface area contributed by atoms with Gasteiger partial charge < -0.3 is 23.7 Å². The van der Waals surface area contributed by atoms with E-state index in [1.807, 2.05) is 121 Å². The summed E-state index contributed by atoms with van der Waals surface area (Å²) in [4.78, 5) is 19.4. The predicted molar refractivity (Wildman–Crippen MR) is 207 cm³/mol. The van der Waals surface area contributed by atoms with Gasteiger partial charge in [-0.2, -0.15) is 0 Å². The number of fused-ring (bicyclic) bond motifs is 1. The predicted octanol–water partition coefficient (Wildman–Crippen LogP) is 8.71. The second kappa shape index (κ2) is 18.5. The molecule has 0 radical (unpaired) electrons. The minimum atomic E-state index is -1.55. The van der Waals surface area contributed by atoms with Crippen molar-refractivity contribution in [3.05, 3.63) is 177 Å². The standard InChI is InChI=1S/C41H40N10O5/c1-41(48-50-43)37(55-25-32-20-12-5-13-21-32)36(54-24-31-18-10-4-11-19-31)35(53-23-30-16-8-3-9-17-30)33(26-52-22-29-14-6-2-7-15-29)56-40(41)51-28-46-34-38(47-49-42)44-27-45-39(34)51/h2-21,27-28,33,35-37,40H,22-26H2,1H3/t33-,35-,36+,37-,40-,41-/m1/s1. The van der Waals surface area contributed by atoms with Crippen LogP contribution in [0, 0.1) is 0 Å². The molecule has 15 nitrogen and oxygen atoms in total. The lowest BCUT2D eigenvalue weighted by atomic mass is 9.87. The van der Waals surface area contributed by atoms with Crippen LogP contribution < -0.4 is 0 Å². The van der Waals surface area contributed by atoms with Gasteiger partial charge in [0.25, 0.3) is 0 Å². The van der Waals surface area contributed by atoms with E-state index in [1.165, 1.54) is 12.7 Å². The molecule has 0 bridgehead atoms. The Labute approximate surface area is 323 Å². The average molecular weight is 753 g/mol. The Morgan fingerprint density at radius 3 is 1.77 bits per heavy atom. The van der Waals surface area contributed by atoms with Crippen molar-refractivity contribution in [2.75, 3.05) is 6.61 Å². The molecule has 6 aromatic rings. The van der Waals surface area contributed by atoms with Gasteiger partial charge in [-0.15, -0.1) is 0 Å². The van der Waals surface area contributed by atoms with Gasteiger partial charge in [0.05, 0.1) is 39.4 Å². The summed E-state index contributed by atoms with van der Waals surface area (Å²) >= 11 is 0. The van der Waals surface area contributed by atoms with Crippen molar-refractivity contribution in [3.63, 3.8) is 0 Å². The number of nitrogens with zero attached hydrogens (tertiary/aromatic N) is 10. The minimum Gasteiger partial charge on any atom is -0.374 e. The zero-order valence-corrected chi connectivity index (χ0v) is 30.6. The number of aromatic nitrogens is 4. The number of benzene rings is 4. The fourth-order valence-electron chi connectivity index (χ4n) is 6.86. The third kappa shape index (κ3) is 8.86. The van der Waals surface area contributed by atoms with Crippen molar-refractivity contribution < 1.29 is 23.7 Å². The lowest BCUT2D eigenvalue weighted by Crippen LogP contribution is -2.55. The van der Waals surface area contributed by atoms with E-state index in [-0.39, 0.29) is 43.4 Å². The molecule has 1 fully saturated rings. The summed E-state index contributed by atoms with van der Waals surface area (Å²) in [5.41, 5.74) is 22.3. The lowest BCUT2D eigenvalue weighted by Gasteiger charge is -2.41. The minimum absolute atomic E-state index is 0.0307. The van der Waals surface area contributed by atoms with Crippen LogP contribution in [0.25, 0.3) is 32.0 Å². The van der Waals surface area contributed by atoms with Crippen molar-refractivity contribution >= 4 is 17.0 Å². The molecule has 7 rings (SSSR count). The van der Waals surface area contributed by atoms with Gasteiger partial charge in [0, 0.05) is 9.82 Å². The SMILES string of the molecule is C[C@@]1(N=[N+]=[N-])[C@H](OCc2ccccc2)[C@@H](OCc2ccccc2)[C@H](OCc2ccccc2)[C@@H](COCc2ccccc2)O[C@H]1n1cnc2c(N=[N+]=[N-])ncnc21. The van der Waals surface area contributed by atoms with Crippen molar-refractivity contribution in [3.8, 4) is 0 Å². The molecule has 1 aliphatic rings. The molecule has 1 aliphatic heterocycles. The summed E-state index contributed by atoms with van der Waals surface area (Å²) < 4.78 is 35.8. The molecule has 0 unspecified atom stereocenters. The summed E-state index contributed by atoms with van der Waals surface area (Å²) in [5.74, 6) is 0.0307. The monoisotopic (exact) mass is 752 g/mol. The fraction of sp³-hybridized carbons (Fsp3) is 0.293. The first-order valence-electron chi connectivity index (χ1n) is 18.1. The molecule has 6 atom stereocenters. The number of rotatable bonds is 16. The smallest absolute Gasteiger partial charge is 0.165 e. The van der Waals surface area contributed by atoms with Gasteiger partial charge in [-0.25, -0.2) is 15.0 Å². The summed E-state index contributed by atoms with van der Waals surface area (Å²) in [6, 6.07) is 39.1. The molecule has 1 saturated heterocycles. The Hall–Kier alpha value is -6.15. The molecule has 15 heteroatoms. The first-order valence-corrected chi connectivity index (χ1v) is 18.1. The second-order valence-corrected chi connectivity index (χ2v) is 13.4. The van der Waals surface area contributed by atoms with E-state index in [0.29, 0.717) is 6.61 Å². The van der Waals surface area contributed by atoms with Crippen LogP contribution in [0.3, 0.4) is 0 Å². The highest BCUT2D eigenvalue weighted by Gasteiger charge is 2.56. The summed E-state index contributed by atoms with van der Waals surface area (Å²) in [6.45, 7) is 2.65. The Kier molecular flexibility index (Phi) is 12.6. The number of imidazole rings is 1. The normalized spacial score (nSPS) is 22.1. The second-order valence-electron chi connectivity index (χ2n) is 13.4. The summed E-state index contributed by atoms with van der Waals surface area (Å²) in [7, 11) is 0. The Morgan fingerprint density at radius 1 is 0.679 bits per heavy atom. The largest absolute Gasteiger partial charge is 0.374 e. The first-order chi connectivity index (χ1) is 27.6. The maximum Gasteiger partial charge on any atom is 0.165 e. The van der Waals surface area contributed by atoms with Crippen LogP contribution in [0.2, 0.25) is 0 Å². The molecule has 0 spiro atoms. The number of ether oxygens (including phenoxy) is 5. The van der Waals surface area contributed by atoms with Gasteiger partial charge in [0.1, 0.15) is 41.8 Å². The number of azide groups is 2. The van der Waals surface area contributed by atoms with E-state index in [2.05, 4.69) is 35.0 Å². The highest BCUT2D eigenvalue weighted by molar-refractivity contribution is 5.80. The van der Waals surface area contributed by atoms with E-state index in [1.54, 1.807) is 11.5 Å². The Morgan fingerprint density at radius 2 is 1.21 bits per heavy atom. The molecule has 4 aromatic carbocycles. The fourth-order valence-corrected chi connectivity index (χ4v) is 6.86. The molecular weight excluding hydrogens is 713 g/mol. The number of hydrogen-bond donors (Lipinski definition) is 0. The van der Waals surface area contributed by atoms with Crippen LogP contribution in [0.4, 0.5) is 5.82 Å². The molecule has 0 aliphatic carbocycles. The maximum atomic E-state index is 10.3. The molecule has 3 heterocycles. The van der Waals surface area contributed by atoms with Gasteiger partial charge in [0.15, 0.2) is 17.7 Å². The van der Waals surface area contributed by atoms with E-state index < -0.39 is 36.2 Å². The Balaban J connectivity index is 1.38. The van der Waals surface area contributed by atoms with Crippen molar-refractivity contribution in [1.29, 1.82) is 0 Å². The number of hydrogen-bond acceptors (Lipinski definition) is 10. The topological polar surface area (TPSA) is 187 Å². The quantitative estimate of drug-likeness (QED) is 0.0533. The van der Waals surface area contributed by atoms with Gasteiger partial charge in [-0.3, -0.25) is 4.57 Å². The summed E-state index contributed by atoms with van der Waals surface area (Å²) in [5, 5.41) is 8.20. The van der Waals surface area contributed by atoms with E-state index >= 15 is 0 Å². The van der Waals surface area contributed by atoms with Crippen LogP contribution in [-0.4, -0.2) is 56.1 Å². The van der Waals surface area contributed by atoms with Gasteiger partial charge in [0.2, 0.25) is 0 Å². The molecule has 0 amide bonds. The van der Waals surface area contributed by atoms with Crippen LogP contribution in [0.5, 0.6) is 0 Å². The molecule has 0 N–H and O–H groups in total. The van der Waals surface area contributed by atoms with E-state index in [0.717, 1.165) is 22.3 Å². The van der Waals surface area contributed by atoms with Crippen LogP contribution >= 0.6 is 0 Å². The van der Waals surface area contributed by atoms with Gasteiger partial charge in [-0.05, 0) is 45.4 Å².